The number of ketones is 1. The minimum absolute atomic E-state index is 0.0470. The SMILES string of the molecule is O=C1/C(=C\c2c[nH]c3ccc(OCc4ccccc4)cc23)Oc2cc(O)cc(O)c21. The quantitative estimate of drug-likeness (QED) is 0.430. The number of nitrogens with one attached hydrogen (secondary N) is 1. The van der Waals surface area contributed by atoms with Crippen LogP contribution in [-0.4, -0.2) is 21.0 Å². The molecule has 0 saturated heterocycles. The Morgan fingerprint density at radius 3 is 2.70 bits per heavy atom. The molecule has 0 radical (unpaired) electrons. The summed E-state index contributed by atoms with van der Waals surface area (Å²) in [5.41, 5.74) is 2.75. The van der Waals surface area contributed by atoms with E-state index in [1.165, 1.54) is 6.07 Å². The first-order valence-corrected chi connectivity index (χ1v) is 9.36. The Morgan fingerprint density at radius 1 is 1.03 bits per heavy atom. The van der Waals surface area contributed by atoms with Crippen LogP contribution >= 0.6 is 0 Å². The molecule has 148 valence electrons. The number of carbonyl (C=O) groups excluding carboxylic acids is 1. The maximum atomic E-state index is 12.6. The number of carbonyl (C=O) groups is 1. The highest BCUT2D eigenvalue weighted by molar-refractivity contribution is 6.16. The number of benzene rings is 3. The minimum Gasteiger partial charge on any atom is -0.508 e. The third-order valence-electron chi connectivity index (χ3n) is 4.96. The van der Waals surface area contributed by atoms with Gasteiger partial charge in [0.1, 0.15) is 35.2 Å². The first kappa shape index (κ1) is 17.9. The molecule has 0 saturated carbocycles. The summed E-state index contributed by atoms with van der Waals surface area (Å²) in [6.07, 6.45) is 3.38. The summed E-state index contributed by atoms with van der Waals surface area (Å²) in [4.78, 5) is 15.8. The number of rotatable bonds is 4. The van der Waals surface area contributed by atoms with Crippen LogP contribution < -0.4 is 9.47 Å². The van der Waals surface area contributed by atoms with Gasteiger partial charge in [-0.3, -0.25) is 4.79 Å². The van der Waals surface area contributed by atoms with E-state index in [-0.39, 0.29) is 28.6 Å². The van der Waals surface area contributed by atoms with E-state index < -0.39 is 5.78 Å². The van der Waals surface area contributed by atoms with Gasteiger partial charge in [0.05, 0.1) is 0 Å². The zero-order valence-electron chi connectivity index (χ0n) is 15.8. The molecule has 3 N–H and O–H groups in total. The van der Waals surface area contributed by atoms with Crippen molar-refractivity contribution in [1.29, 1.82) is 0 Å². The Labute approximate surface area is 171 Å². The maximum absolute atomic E-state index is 12.6. The van der Waals surface area contributed by atoms with Gasteiger partial charge >= 0.3 is 0 Å². The van der Waals surface area contributed by atoms with Crippen LogP contribution in [0.15, 0.2) is 72.6 Å². The van der Waals surface area contributed by atoms with E-state index in [9.17, 15) is 15.0 Å². The van der Waals surface area contributed by atoms with E-state index in [2.05, 4.69) is 4.98 Å². The number of hydrogen-bond donors (Lipinski definition) is 3. The standard InChI is InChI=1S/C24H17NO5/c26-16-9-20(27)23-21(10-16)30-22(24(23)28)8-15-12-25-19-7-6-17(11-18(15)19)29-13-14-4-2-1-3-5-14/h1-12,25-27H,13H2/b22-8+. The van der Waals surface area contributed by atoms with Crippen LogP contribution in [0.3, 0.4) is 0 Å². The van der Waals surface area contributed by atoms with Gasteiger partial charge in [0.25, 0.3) is 0 Å². The molecule has 4 aromatic rings. The summed E-state index contributed by atoms with van der Waals surface area (Å²) in [7, 11) is 0. The van der Waals surface area contributed by atoms with Gasteiger partial charge in [-0.2, -0.15) is 0 Å². The van der Waals surface area contributed by atoms with Crippen LogP contribution in [0.4, 0.5) is 0 Å². The molecule has 0 atom stereocenters. The van der Waals surface area contributed by atoms with E-state index >= 15 is 0 Å². The number of aromatic nitrogens is 1. The fraction of sp³-hybridized carbons (Fsp3) is 0.0417. The number of phenols is 2. The fourth-order valence-electron chi connectivity index (χ4n) is 3.49. The summed E-state index contributed by atoms with van der Waals surface area (Å²) in [6, 6.07) is 18.0. The van der Waals surface area contributed by atoms with Gasteiger partial charge < -0.3 is 24.7 Å². The number of H-pyrrole nitrogens is 1. The van der Waals surface area contributed by atoms with Crippen molar-refractivity contribution in [2.24, 2.45) is 0 Å². The Bertz CT molecular complexity index is 1300. The number of aromatic amines is 1. The predicted molar refractivity (Wildman–Crippen MR) is 112 cm³/mol. The Balaban J connectivity index is 1.45. The summed E-state index contributed by atoms with van der Waals surface area (Å²) in [5, 5.41) is 20.5. The molecule has 1 aliphatic heterocycles. The third kappa shape index (κ3) is 3.14. The molecule has 6 nitrogen and oxygen atoms in total. The van der Waals surface area contributed by atoms with Gasteiger partial charge in [0.15, 0.2) is 5.76 Å². The van der Waals surface area contributed by atoms with Crippen molar-refractivity contribution in [2.45, 2.75) is 6.61 Å². The molecule has 0 spiro atoms. The molecule has 1 aromatic heterocycles. The number of hydrogen-bond acceptors (Lipinski definition) is 5. The minimum atomic E-state index is -0.437. The van der Waals surface area contributed by atoms with Gasteiger partial charge in [-0.15, -0.1) is 0 Å². The topological polar surface area (TPSA) is 91.8 Å². The normalized spacial score (nSPS) is 14.1. The lowest BCUT2D eigenvalue weighted by Gasteiger charge is -2.06. The molecule has 0 fully saturated rings. The molecule has 0 amide bonds. The van der Waals surface area contributed by atoms with Crippen molar-refractivity contribution in [3.8, 4) is 23.0 Å². The highest BCUT2D eigenvalue weighted by Gasteiger charge is 2.31. The van der Waals surface area contributed by atoms with Crippen molar-refractivity contribution in [3.05, 3.63) is 89.3 Å². The number of phenolic OH excluding ortho intramolecular Hbond substituents is 2. The van der Waals surface area contributed by atoms with Crippen molar-refractivity contribution < 1.29 is 24.5 Å². The molecule has 30 heavy (non-hydrogen) atoms. The van der Waals surface area contributed by atoms with Crippen LogP contribution in [0.2, 0.25) is 0 Å². The molecule has 6 heteroatoms. The van der Waals surface area contributed by atoms with E-state index in [1.54, 1.807) is 12.3 Å². The average Bonchev–Trinajstić information content (AvgIpc) is 3.28. The van der Waals surface area contributed by atoms with Gasteiger partial charge in [-0.1, -0.05) is 30.3 Å². The first-order chi connectivity index (χ1) is 14.6. The largest absolute Gasteiger partial charge is 0.508 e. The van der Waals surface area contributed by atoms with Crippen molar-refractivity contribution >= 4 is 22.8 Å². The Kier molecular flexibility index (Phi) is 4.17. The number of Topliss-reactive ketones (excluding diaryl/α,β-unsaturated/α-hetero) is 1. The first-order valence-electron chi connectivity index (χ1n) is 9.36. The second-order valence-electron chi connectivity index (χ2n) is 7.00. The highest BCUT2D eigenvalue weighted by Crippen LogP contribution is 2.41. The molecular formula is C24H17NO5. The smallest absolute Gasteiger partial charge is 0.235 e. The maximum Gasteiger partial charge on any atom is 0.235 e. The van der Waals surface area contributed by atoms with Crippen molar-refractivity contribution in [1.82, 2.24) is 4.98 Å². The molecule has 3 aromatic carbocycles. The molecule has 1 aliphatic rings. The van der Waals surface area contributed by atoms with Crippen molar-refractivity contribution in [2.75, 3.05) is 0 Å². The molecule has 0 aliphatic carbocycles. The number of allylic oxidation sites excluding steroid dienone is 1. The monoisotopic (exact) mass is 399 g/mol. The lowest BCUT2D eigenvalue weighted by atomic mass is 10.1. The third-order valence-corrected chi connectivity index (χ3v) is 4.96. The lowest BCUT2D eigenvalue weighted by molar-refractivity contribution is 0.101. The van der Waals surface area contributed by atoms with E-state index in [1.807, 2.05) is 48.5 Å². The van der Waals surface area contributed by atoms with Gasteiger partial charge in [0, 0.05) is 34.8 Å². The average molecular weight is 399 g/mol. The number of aromatic hydroxyl groups is 2. The van der Waals surface area contributed by atoms with Crippen LogP contribution in [0, 0.1) is 0 Å². The van der Waals surface area contributed by atoms with E-state index in [0.29, 0.717) is 12.4 Å². The number of fused-ring (bicyclic) bond motifs is 2. The second kappa shape index (κ2) is 7.00. The van der Waals surface area contributed by atoms with E-state index in [4.69, 9.17) is 9.47 Å². The molecule has 0 unspecified atom stereocenters. The van der Waals surface area contributed by atoms with Crippen LogP contribution in [0.1, 0.15) is 21.5 Å². The Hall–Kier alpha value is -4.19. The molecule has 2 heterocycles. The predicted octanol–water partition coefficient (Wildman–Crippen LogP) is 4.77. The zero-order chi connectivity index (χ0) is 20.7. The number of ether oxygens (including phenoxy) is 2. The fourth-order valence-corrected chi connectivity index (χ4v) is 3.49. The Morgan fingerprint density at radius 2 is 1.87 bits per heavy atom. The zero-order valence-corrected chi connectivity index (χ0v) is 15.8. The second-order valence-corrected chi connectivity index (χ2v) is 7.00. The summed E-state index contributed by atoms with van der Waals surface area (Å²) < 4.78 is 11.5. The van der Waals surface area contributed by atoms with Gasteiger partial charge in [-0.25, -0.2) is 0 Å². The van der Waals surface area contributed by atoms with Gasteiger partial charge in [0.2, 0.25) is 5.78 Å². The van der Waals surface area contributed by atoms with Crippen LogP contribution in [-0.2, 0) is 6.61 Å². The molecule has 5 rings (SSSR count). The highest BCUT2D eigenvalue weighted by atomic mass is 16.5. The lowest BCUT2D eigenvalue weighted by Crippen LogP contribution is -1.98. The van der Waals surface area contributed by atoms with Crippen molar-refractivity contribution in [3.63, 3.8) is 0 Å². The summed E-state index contributed by atoms with van der Waals surface area (Å²) >= 11 is 0. The van der Waals surface area contributed by atoms with E-state index in [0.717, 1.165) is 28.1 Å². The molecule has 0 bridgehead atoms. The van der Waals surface area contributed by atoms with Crippen LogP contribution in [0.5, 0.6) is 23.0 Å². The summed E-state index contributed by atoms with van der Waals surface area (Å²) in [6.45, 7) is 0.451. The summed E-state index contributed by atoms with van der Waals surface area (Å²) in [5.74, 6) is -0.0112. The van der Waals surface area contributed by atoms with Crippen LogP contribution in [0.25, 0.3) is 17.0 Å². The van der Waals surface area contributed by atoms with Gasteiger partial charge in [-0.05, 0) is 29.8 Å². The molecular weight excluding hydrogens is 382 g/mol.